The predicted octanol–water partition coefficient (Wildman–Crippen LogP) is 2.21. The first-order valence-electron chi connectivity index (χ1n) is 15.4. The second kappa shape index (κ2) is 10.6. The molecule has 232 valence electrons. The maximum absolute atomic E-state index is 14.4. The van der Waals surface area contributed by atoms with Gasteiger partial charge < -0.3 is 29.9 Å². The monoisotopic (exact) mass is 622 g/mol. The first-order chi connectivity index (χ1) is 21.4. The lowest BCUT2D eigenvalue weighted by atomic mass is 9.72. The van der Waals surface area contributed by atoms with Crippen LogP contribution < -0.4 is 20.7 Å². The average Bonchev–Trinajstić information content (AvgIpc) is 3.84. The first kappa shape index (κ1) is 28.1. The van der Waals surface area contributed by atoms with Crippen LogP contribution in [0.4, 0.5) is 15.3 Å². The number of nitrogens with two attached hydrogens (primary N) is 1. The molecule has 0 bridgehead atoms. The molecule has 5 aliphatic rings. The third kappa shape index (κ3) is 4.45. The second-order valence-electron chi connectivity index (χ2n) is 12.8. The fourth-order valence-electron chi connectivity index (χ4n) is 7.97. The Bertz CT molecular complexity index is 1630. The minimum atomic E-state index is -0.858. The number of nitrogens with one attached hydrogen (secondary N) is 1. The fourth-order valence-corrected chi connectivity index (χ4v) is 9.16. The van der Waals surface area contributed by atoms with Crippen molar-refractivity contribution in [1.29, 1.82) is 5.26 Å². The number of nitrogen functional groups attached to an aromatic ring is 1. The molecule has 13 nitrogen and oxygen atoms in total. The number of nitrogens with zero attached hydrogens (tertiary/aromatic N) is 8. The Balaban J connectivity index is 1.15. The Kier molecular flexibility index (Phi) is 6.74. The standard InChI is InChI=1S/C29H35FN10O3S/c1-28(5-2-4-20-21(28)17(11-31)22(32)44-20)25-34-24(38-43-25)23-35-26(40-8-9-41-19-13-33-12-18(19)40)37-27(36-23)42-15-29-6-3-7-39(29)14-16(30)10-29/h16,18-19,33H,2-10,12-15,32H2,1H3/t16-,18+,19+,28+,29+/m1/s1. The molecule has 8 rings (SSSR count). The van der Waals surface area contributed by atoms with Gasteiger partial charge in [-0.05, 0) is 45.6 Å². The number of anilines is 2. The van der Waals surface area contributed by atoms with Gasteiger partial charge in [0.05, 0.1) is 35.3 Å². The summed E-state index contributed by atoms with van der Waals surface area (Å²) in [6, 6.07) is 2.50. The number of nitriles is 1. The van der Waals surface area contributed by atoms with Crippen LogP contribution in [0.1, 0.15) is 60.9 Å². The van der Waals surface area contributed by atoms with Crippen molar-refractivity contribution in [3.05, 3.63) is 21.9 Å². The molecule has 7 heterocycles. The van der Waals surface area contributed by atoms with Crippen molar-refractivity contribution < 1.29 is 18.4 Å². The summed E-state index contributed by atoms with van der Waals surface area (Å²) in [4.78, 5) is 24.4. The van der Waals surface area contributed by atoms with Gasteiger partial charge in [0.2, 0.25) is 23.5 Å². The molecule has 44 heavy (non-hydrogen) atoms. The normalized spacial score (nSPS) is 31.5. The summed E-state index contributed by atoms with van der Waals surface area (Å²) in [6.45, 7) is 6.30. The molecule has 15 heteroatoms. The number of rotatable bonds is 6. The highest BCUT2D eigenvalue weighted by atomic mass is 32.1. The molecule has 0 saturated carbocycles. The SMILES string of the molecule is C[C@]1(c2nc(-c3nc(OC[C@@]45CCCN4C[C@H](F)C5)nc(N4CCO[C@H]5CNC[C@@H]54)n3)no2)CCCc2sc(N)c(C#N)c21. The topological polar surface area (TPSA) is 164 Å². The number of ether oxygens (including phenoxy) is 2. The van der Waals surface area contributed by atoms with Crippen LogP contribution in [0.5, 0.6) is 6.01 Å². The highest BCUT2D eigenvalue weighted by molar-refractivity contribution is 7.16. The molecular weight excluding hydrogens is 587 g/mol. The van der Waals surface area contributed by atoms with E-state index in [2.05, 4.69) is 31.3 Å². The minimum absolute atomic E-state index is 0.0313. The van der Waals surface area contributed by atoms with Crippen LogP contribution in [0.15, 0.2) is 4.52 Å². The maximum atomic E-state index is 14.4. The summed E-state index contributed by atoms with van der Waals surface area (Å²) in [6.07, 6.45) is 4.02. The summed E-state index contributed by atoms with van der Waals surface area (Å²) in [5, 5.41) is 18.1. The van der Waals surface area contributed by atoms with E-state index in [9.17, 15) is 9.65 Å². The molecule has 0 unspecified atom stereocenters. The van der Waals surface area contributed by atoms with Crippen LogP contribution in [-0.2, 0) is 16.6 Å². The van der Waals surface area contributed by atoms with E-state index in [-0.39, 0.29) is 35.3 Å². The Labute approximate surface area is 257 Å². The number of aryl methyl sites for hydroxylation is 1. The average molecular weight is 623 g/mol. The predicted molar refractivity (Wildman–Crippen MR) is 158 cm³/mol. The van der Waals surface area contributed by atoms with Gasteiger partial charge in [0, 0.05) is 43.0 Å². The molecule has 3 aromatic rings. The smallest absolute Gasteiger partial charge is 0.321 e. The summed E-state index contributed by atoms with van der Waals surface area (Å²) >= 11 is 1.46. The number of thiophene rings is 1. The molecule has 4 saturated heterocycles. The van der Waals surface area contributed by atoms with E-state index < -0.39 is 11.6 Å². The zero-order valence-corrected chi connectivity index (χ0v) is 25.4. The minimum Gasteiger partial charge on any atom is -0.461 e. The molecule has 3 aromatic heterocycles. The van der Waals surface area contributed by atoms with Crippen LogP contribution in [0, 0.1) is 11.3 Å². The number of halogens is 1. The third-order valence-corrected chi connectivity index (χ3v) is 11.2. The number of alkyl halides is 1. The molecule has 0 radical (unpaired) electrons. The Hall–Kier alpha value is -3.45. The lowest BCUT2D eigenvalue weighted by Crippen LogP contribution is -2.51. The van der Waals surface area contributed by atoms with Gasteiger partial charge in [-0.2, -0.15) is 25.2 Å². The number of morpholine rings is 1. The van der Waals surface area contributed by atoms with Crippen LogP contribution in [-0.4, -0.2) is 99.8 Å². The van der Waals surface area contributed by atoms with Crippen molar-refractivity contribution in [2.45, 2.75) is 74.7 Å². The van der Waals surface area contributed by atoms with Crippen molar-refractivity contribution in [2.24, 2.45) is 0 Å². The molecule has 4 fully saturated rings. The van der Waals surface area contributed by atoms with Crippen molar-refractivity contribution in [1.82, 2.24) is 35.3 Å². The summed E-state index contributed by atoms with van der Waals surface area (Å²) < 4.78 is 32.6. The fraction of sp³-hybridized carbons (Fsp3) is 0.655. The Morgan fingerprint density at radius 2 is 2.09 bits per heavy atom. The lowest BCUT2D eigenvalue weighted by Gasteiger charge is -2.37. The maximum Gasteiger partial charge on any atom is 0.321 e. The molecule has 1 aliphatic carbocycles. The zero-order valence-electron chi connectivity index (χ0n) is 24.6. The molecule has 0 aromatic carbocycles. The van der Waals surface area contributed by atoms with Gasteiger partial charge in [-0.15, -0.1) is 11.3 Å². The molecule has 0 spiro atoms. The van der Waals surface area contributed by atoms with Crippen molar-refractivity contribution in [2.75, 3.05) is 56.6 Å². The second-order valence-corrected chi connectivity index (χ2v) is 13.9. The van der Waals surface area contributed by atoms with Crippen molar-refractivity contribution >= 4 is 22.3 Å². The van der Waals surface area contributed by atoms with Crippen molar-refractivity contribution in [3.63, 3.8) is 0 Å². The van der Waals surface area contributed by atoms with Crippen LogP contribution >= 0.6 is 11.3 Å². The first-order valence-corrected chi connectivity index (χ1v) is 16.2. The lowest BCUT2D eigenvalue weighted by molar-refractivity contribution is 0.0342. The number of fused-ring (bicyclic) bond motifs is 3. The van der Waals surface area contributed by atoms with Crippen LogP contribution in [0.3, 0.4) is 0 Å². The van der Waals surface area contributed by atoms with Gasteiger partial charge in [0.1, 0.15) is 23.8 Å². The Morgan fingerprint density at radius 3 is 2.98 bits per heavy atom. The van der Waals surface area contributed by atoms with E-state index in [1.807, 2.05) is 6.92 Å². The molecule has 3 N–H and O–H groups in total. The van der Waals surface area contributed by atoms with E-state index in [1.54, 1.807) is 0 Å². The van der Waals surface area contributed by atoms with Gasteiger partial charge >= 0.3 is 6.01 Å². The highest BCUT2D eigenvalue weighted by Gasteiger charge is 2.50. The third-order valence-electron chi connectivity index (χ3n) is 10.1. The van der Waals surface area contributed by atoms with E-state index in [0.29, 0.717) is 55.1 Å². The summed E-state index contributed by atoms with van der Waals surface area (Å²) in [5.74, 6) is 1.29. The Morgan fingerprint density at radius 1 is 1.18 bits per heavy atom. The summed E-state index contributed by atoms with van der Waals surface area (Å²) in [5.41, 5.74) is 6.57. The largest absolute Gasteiger partial charge is 0.461 e. The van der Waals surface area contributed by atoms with Gasteiger partial charge in [-0.3, -0.25) is 4.90 Å². The highest BCUT2D eigenvalue weighted by Crippen LogP contribution is 2.48. The van der Waals surface area contributed by atoms with Crippen LogP contribution in [0.2, 0.25) is 0 Å². The van der Waals surface area contributed by atoms with E-state index in [4.69, 9.17) is 34.7 Å². The molecule has 0 amide bonds. The van der Waals surface area contributed by atoms with Gasteiger partial charge in [-0.1, -0.05) is 5.16 Å². The molecule has 5 atom stereocenters. The zero-order chi connectivity index (χ0) is 30.1. The van der Waals surface area contributed by atoms with E-state index >= 15 is 0 Å². The molecular formula is C29H35FN10O3S. The summed E-state index contributed by atoms with van der Waals surface area (Å²) in [7, 11) is 0. The van der Waals surface area contributed by atoms with Gasteiger partial charge in [-0.25, -0.2) is 4.39 Å². The number of hydrogen-bond acceptors (Lipinski definition) is 14. The van der Waals surface area contributed by atoms with E-state index in [1.165, 1.54) is 11.3 Å². The quantitative estimate of drug-likeness (QED) is 0.412. The van der Waals surface area contributed by atoms with Crippen molar-refractivity contribution in [3.8, 4) is 23.7 Å². The van der Waals surface area contributed by atoms with Crippen LogP contribution in [0.25, 0.3) is 11.6 Å². The number of aromatic nitrogens is 5. The molecule has 4 aliphatic heterocycles. The van der Waals surface area contributed by atoms with Gasteiger partial charge in [0.15, 0.2) is 0 Å². The van der Waals surface area contributed by atoms with E-state index in [0.717, 1.165) is 62.2 Å². The van der Waals surface area contributed by atoms with Gasteiger partial charge in [0.25, 0.3) is 0 Å². The number of hydrogen-bond donors (Lipinski definition) is 2.